The number of nitrogens with one attached hydrogen (secondary N) is 1. The SMILES string of the molecule is O=C(NCc1ccnc(Oc2ccc(F)cc2)c1)c1cnc(-c2ccccc2F)s1. The first kappa shape index (κ1) is 19.7. The fourth-order valence-electron chi connectivity index (χ4n) is 2.65. The minimum atomic E-state index is -0.385. The van der Waals surface area contributed by atoms with Crippen molar-refractivity contribution in [2.75, 3.05) is 0 Å². The van der Waals surface area contributed by atoms with Crippen LogP contribution in [0.1, 0.15) is 15.2 Å². The molecule has 0 saturated heterocycles. The largest absolute Gasteiger partial charge is 0.439 e. The van der Waals surface area contributed by atoms with E-state index in [0.29, 0.717) is 27.1 Å². The van der Waals surface area contributed by atoms with Crippen LogP contribution in [0.4, 0.5) is 8.78 Å². The fraction of sp³-hybridized carbons (Fsp3) is 0.0455. The lowest BCUT2D eigenvalue weighted by Gasteiger charge is -2.07. The zero-order valence-electron chi connectivity index (χ0n) is 15.5. The van der Waals surface area contributed by atoms with Gasteiger partial charge in [-0.1, -0.05) is 12.1 Å². The van der Waals surface area contributed by atoms with Crippen molar-refractivity contribution in [1.82, 2.24) is 15.3 Å². The molecule has 4 aromatic rings. The molecule has 1 N–H and O–H groups in total. The van der Waals surface area contributed by atoms with Gasteiger partial charge in [-0.3, -0.25) is 4.79 Å². The van der Waals surface area contributed by atoms with Crippen LogP contribution in [0, 0.1) is 11.6 Å². The summed E-state index contributed by atoms with van der Waals surface area (Å²) >= 11 is 1.12. The molecule has 0 aliphatic carbocycles. The second-order valence-corrected chi connectivity index (χ2v) is 7.28. The maximum atomic E-state index is 13.9. The van der Waals surface area contributed by atoms with Gasteiger partial charge in [0.05, 0.1) is 6.20 Å². The molecule has 0 aliphatic rings. The van der Waals surface area contributed by atoms with Gasteiger partial charge in [0.1, 0.15) is 27.3 Å². The summed E-state index contributed by atoms with van der Waals surface area (Å²) in [7, 11) is 0. The Morgan fingerprint density at radius 1 is 1.03 bits per heavy atom. The normalized spacial score (nSPS) is 10.6. The second kappa shape index (κ2) is 8.79. The molecule has 0 atom stereocenters. The van der Waals surface area contributed by atoms with Crippen molar-refractivity contribution in [1.29, 1.82) is 0 Å². The van der Waals surface area contributed by atoms with Crippen LogP contribution in [0.3, 0.4) is 0 Å². The van der Waals surface area contributed by atoms with Gasteiger partial charge < -0.3 is 10.1 Å². The predicted octanol–water partition coefficient (Wildman–Crippen LogP) is 5.21. The van der Waals surface area contributed by atoms with E-state index in [2.05, 4.69) is 15.3 Å². The molecule has 2 aromatic heterocycles. The van der Waals surface area contributed by atoms with E-state index in [4.69, 9.17) is 4.74 Å². The van der Waals surface area contributed by atoms with Gasteiger partial charge in [0, 0.05) is 24.4 Å². The highest BCUT2D eigenvalue weighted by atomic mass is 32.1. The molecule has 0 unspecified atom stereocenters. The summed E-state index contributed by atoms with van der Waals surface area (Å²) in [4.78, 5) is 21.1. The Balaban J connectivity index is 1.39. The zero-order chi connectivity index (χ0) is 20.9. The summed E-state index contributed by atoms with van der Waals surface area (Å²) in [5.74, 6) is -0.270. The number of hydrogen-bond donors (Lipinski definition) is 1. The third-order valence-corrected chi connectivity index (χ3v) is 5.15. The molecule has 0 bridgehead atoms. The van der Waals surface area contributed by atoms with Crippen molar-refractivity contribution in [3.63, 3.8) is 0 Å². The monoisotopic (exact) mass is 423 g/mol. The molecule has 4 rings (SSSR count). The number of benzene rings is 2. The summed E-state index contributed by atoms with van der Waals surface area (Å²) < 4.78 is 32.5. The number of thiazole rings is 1. The van der Waals surface area contributed by atoms with Gasteiger partial charge >= 0.3 is 0 Å². The molecule has 2 aromatic carbocycles. The number of amides is 1. The molecule has 30 heavy (non-hydrogen) atoms. The third-order valence-electron chi connectivity index (χ3n) is 4.12. The molecule has 150 valence electrons. The van der Waals surface area contributed by atoms with Crippen LogP contribution in [0.5, 0.6) is 11.6 Å². The second-order valence-electron chi connectivity index (χ2n) is 6.25. The number of ether oxygens (including phenoxy) is 1. The molecule has 1 amide bonds. The predicted molar refractivity (Wildman–Crippen MR) is 109 cm³/mol. The summed E-state index contributed by atoms with van der Waals surface area (Å²) in [6, 6.07) is 15.3. The zero-order valence-corrected chi connectivity index (χ0v) is 16.3. The first-order valence-electron chi connectivity index (χ1n) is 8.96. The van der Waals surface area contributed by atoms with Crippen LogP contribution in [-0.4, -0.2) is 15.9 Å². The van der Waals surface area contributed by atoms with Gasteiger partial charge in [0.2, 0.25) is 5.88 Å². The van der Waals surface area contributed by atoms with Crippen LogP contribution in [0.15, 0.2) is 73.1 Å². The summed E-state index contributed by atoms with van der Waals surface area (Å²) in [5.41, 5.74) is 1.13. The topological polar surface area (TPSA) is 64.1 Å². The van der Waals surface area contributed by atoms with Gasteiger partial charge in [0.15, 0.2) is 0 Å². The number of nitrogens with zero attached hydrogens (tertiary/aromatic N) is 2. The summed E-state index contributed by atoms with van der Waals surface area (Å²) in [5, 5.41) is 3.24. The first-order valence-corrected chi connectivity index (χ1v) is 9.77. The van der Waals surface area contributed by atoms with Crippen molar-refractivity contribution >= 4 is 17.2 Å². The highest BCUT2D eigenvalue weighted by molar-refractivity contribution is 7.16. The van der Waals surface area contributed by atoms with Gasteiger partial charge in [-0.2, -0.15) is 0 Å². The van der Waals surface area contributed by atoms with E-state index in [1.807, 2.05) is 0 Å². The number of pyridine rings is 1. The van der Waals surface area contributed by atoms with Crippen molar-refractivity contribution < 1.29 is 18.3 Å². The highest BCUT2D eigenvalue weighted by Crippen LogP contribution is 2.27. The summed E-state index contributed by atoms with van der Waals surface area (Å²) in [6.45, 7) is 0.244. The molecule has 0 spiro atoms. The number of aromatic nitrogens is 2. The molecule has 0 radical (unpaired) electrons. The Kier molecular flexibility index (Phi) is 5.76. The smallest absolute Gasteiger partial charge is 0.263 e. The van der Waals surface area contributed by atoms with E-state index in [-0.39, 0.29) is 24.1 Å². The van der Waals surface area contributed by atoms with E-state index in [1.165, 1.54) is 36.5 Å². The Labute approximate surface area is 175 Å². The number of rotatable bonds is 6. The molecule has 2 heterocycles. The van der Waals surface area contributed by atoms with E-state index in [0.717, 1.165) is 16.9 Å². The number of carbonyl (C=O) groups is 1. The average molecular weight is 423 g/mol. The van der Waals surface area contributed by atoms with E-state index in [1.54, 1.807) is 36.5 Å². The standard InChI is InChI=1S/C22H15F2N3O2S/c23-15-5-7-16(8-6-15)29-20-11-14(9-10-25-20)12-26-21(28)19-13-27-22(30-19)17-3-1-2-4-18(17)24/h1-11,13H,12H2,(H,26,28). The minimum Gasteiger partial charge on any atom is -0.439 e. The molecule has 8 heteroatoms. The minimum absolute atomic E-state index is 0.244. The van der Waals surface area contributed by atoms with Crippen LogP contribution in [0.25, 0.3) is 10.6 Å². The van der Waals surface area contributed by atoms with Gasteiger partial charge in [-0.15, -0.1) is 11.3 Å². The molecule has 5 nitrogen and oxygen atoms in total. The summed E-state index contributed by atoms with van der Waals surface area (Å²) in [6.07, 6.45) is 2.99. The highest BCUT2D eigenvalue weighted by Gasteiger charge is 2.14. The Morgan fingerprint density at radius 3 is 2.63 bits per heavy atom. The van der Waals surface area contributed by atoms with E-state index < -0.39 is 0 Å². The molecule has 0 fully saturated rings. The number of halogens is 2. The Hall–Kier alpha value is -3.65. The maximum absolute atomic E-state index is 13.9. The van der Waals surface area contributed by atoms with Gasteiger partial charge in [-0.05, 0) is 48.0 Å². The van der Waals surface area contributed by atoms with Gasteiger partial charge in [-0.25, -0.2) is 18.7 Å². The average Bonchev–Trinajstić information content (AvgIpc) is 3.24. The Bertz CT molecular complexity index is 1180. The maximum Gasteiger partial charge on any atom is 0.263 e. The Morgan fingerprint density at radius 2 is 1.83 bits per heavy atom. The lowest BCUT2D eigenvalue weighted by molar-refractivity contribution is 0.0954. The van der Waals surface area contributed by atoms with Gasteiger partial charge in [0.25, 0.3) is 5.91 Å². The van der Waals surface area contributed by atoms with Crippen molar-refractivity contribution in [3.05, 3.63) is 95.1 Å². The van der Waals surface area contributed by atoms with E-state index >= 15 is 0 Å². The molecular formula is C22H15F2N3O2S. The molecular weight excluding hydrogens is 408 g/mol. The van der Waals surface area contributed by atoms with Crippen LogP contribution < -0.4 is 10.1 Å². The lowest BCUT2D eigenvalue weighted by Crippen LogP contribution is -2.21. The lowest BCUT2D eigenvalue weighted by atomic mass is 10.2. The van der Waals surface area contributed by atoms with Crippen LogP contribution in [-0.2, 0) is 6.54 Å². The first-order chi connectivity index (χ1) is 14.6. The third kappa shape index (κ3) is 4.66. The van der Waals surface area contributed by atoms with Crippen molar-refractivity contribution in [2.45, 2.75) is 6.54 Å². The fourth-order valence-corrected chi connectivity index (χ4v) is 3.51. The van der Waals surface area contributed by atoms with Crippen molar-refractivity contribution in [2.24, 2.45) is 0 Å². The quantitative estimate of drug-likeness (QED) is 0.463. The molecule has 0 aliphatic heterocycles. The van der Waals surface area contributed by atoms with Crippen LogP contribution in [0.2, 0.25) is 0 Å². The number of hydrogen-bond acceptors (Lipinski definition) is 5. The van der Waals surface area contributed by atoms with Crippen LogP contribution >= 0.6 is 11.3 Å². The number of carbonyl (C=O) groups excluding carboxylic acids is 1. The van der Waals surface area contributed by atoms with Crippen molar-refractivity contribution in [3.8, 4) is 22.2 Å². The van der Waals surface area contributed by atoms with E-state index in [9.17, 15) is 13.6 Å². The molecule has 0 saturated carbocycles.